The van der Waals surface area contributed by atoms with Crippen LogP contribution >= 0.6 is 0 Å². The van der Waals surface area contributed by atoms with E-state index < -0.39 is 26.2 Å². The number of methoxy groups -OCH3 is 1. The van der Waals surface area contributed by atoms with Crippen LogP contribution < -0.4 is 5.56 Å². The first-order valence-electron chi connectivity index (χ1n) is 11.6. The van der Waals surface area contributed by atoms with Crippen LogP contribution in [-0.2, 0) is 21.8 Å². The highest BCUT2D eigenvalue weighted by Gasteiger charge is 2.51. The summed E-state index contributed by atoms with van der Waals surface area (Å²) in [4.78, 5) is 15.3. The monoisotopic (exact) mass is 504 g/mol. The van der Waals surface area contributed by atoms with E-state index in [0.29, 0.717) is 11.0 Å². The number of aromatic nitrogens is 4. The number of hydrogen-bond donors (Lipinski definition) is 1. The number of pyridine rings is 1. The van der Waals surface area contributed by atoms with Crippen LogP contribution in [0.5, 0.6) is 0 Å². The molecule has 36 heavy (non-hydrogen) atoms. The van der Waals surface area contributed by atoms with Crippen molar-refractivity contribution >= 4 is 20.9 Å². The van der Waals surface area contributed by atoms with Crippen LogP contribution in [-0.4, -0.2) is 39.0 Å². The summed E-state index contributed by atoms with van der Waals surface area (Å²) in [6.07, 6.45) is 9.96. The molecular weight excluding hydrogens is 476 g/mol. The highest BCUT2D eigenvalue weighted by atomic mass is 32.2. The summed E-state index contributed by atoms with van der Waals surface area (Å²) in [7, 11) is -0.679. The summed E-state index contributed by atoms with van der Waals surface area (Å²) in [6, 6.07) is 13.1. The Labute approximate surface area is 209 Å². The van der Waals surface area contributed by atoms with E-state index in [0.717, 1.165) is 20.7 Å². The van der Waals surface area contributed by atoms with Crippen LogP contribution in [0.3, 0.4) is 0 Å². The van der Waals surface area contributed by atoms with Crippen molar-refractivity contribution in [2.45, 2.75) is 30.6 Å². The fraction of sp³-hybridized carbons (Fsp3) is 0.259. The SMILES string of the molecule is COC(C1=CC(c2cnn(C)c2)C(C)(S(=O)(=O)n2ccc3cc[nH]c(=O)c32)C(C)=C1)c1ccccc1. The number of aryl methyl sites for hydroxylation is 1. The smallest absolute Gasteiger partial charge is 0.273 e. The van der Waals surface area contributed by atoms with Crippen molar-refractivity contribution in [3.05, 3.63) is 112 Å². The Morgan fingerprint density at radius 3 is 2.58 bits per heavy atom. The Morgan fingerprint density at radius 2 is 1.92 bits per heavy atom. The van der Waals surface area contributed by atoms with Crippen LogP contribution in [0.1, 0.15) is 37.0 Å². The molecule has 1 N–H and O–H groups in total. The zero-order valence-electron chi connectivity index (χ0n) is 20.5. The number of aromatic amines is 1. The first kappa shape index (κ1) is 24.0. The summed E-state index contributed by atoms with van der Waals surface area (Å²) in [6.45, 7) is 3.54. The lowest BCUT2D eigenvalue weighted by atomic mass is 9.76. The largest absolute Gasteiger partial charge is 0.372 e. The maximum absolute atomic E-state index is 14.4. The molecule has 0 saturated heterocycles. The highest BCUT2D eigenvalue weighted by molar-refractivity contribution is 7.91. The summed E-state index contributed by atoms with van der Waals surface area (Å²) >= 11 is 0. The Hall–Kier alpha value is -3.69. The first-order chi connectivity index (χ1) is 17.2. The highest BCUT2D eigenvalue weighted by Crippen LogP contribution is 2.48. The lowest BCUT2D eigenvalue weighted by Gasteiger charge is -2.40. The van der Waals surface area contributed by atoms with Gasteiger partial charge in [-0.25, -0.2) is 12.4 Å². The standard InChI is InChI=1S/C27H28N4O4S/c1-18-14-21(25(35-4)20-8-6-5-7-9-20)15-23(22-16-29-30(3)17-22)27(18,2)36(33,34)31-13-11-19-10-12-28-26(32)24(19)31/h5-17,23,25H,1-4H3,(H,28,32). The molecule has 5 rings (SSSR count). The molecule has 3 aromatic heterocycles. The van der Waals surface area contributed by atoms with Gasteiger partial charge in [0, 0.05) is 44.1 Å². The second kappa shape index (κ2) is 8.76. The van der Waals surface area contributed by atoms with Gasteiger partial charge in [-0.15, -0.1) is 0 Å². The minimum absolute atomic E-state index is 0.102. The molecule has 186 valence electrons. The Kier molecular flexibility index (Phi) is 5.84. The van der Waals surface area contributed by atoms with Crippen molar-refractivity contribution in [2.75, 3.05) is 7.11 Å². The molecule has 0 fully saturated rings. The molecule has 3 heterocycles. The predicted molar refractivity (Wildman–Crippen MR) is 139 cm³/mol. The average molecular weight is 505 g/mol. The van der Waals surface area contributed by atoms with Gasteiger partial charge in [0.05, 0.1) is 6.20 Å². The molecule has 0 spiro atoms. The lowest BCUT2D eigenvalue weighted by molar-refractivity contribution is 0.135. The summed E-state index contributed by atoms with van der Waals surface area (Å²) in [5.41, 5.74) is 2.86. The molecule has 3 atom stereocenters. The second-order valence-corrected chi connectivity index (χ2v) is 11.5. The number of hydrogen-bond acceptors (Lipinski definition) is 5. The van der Waals surface area contributed by atoms with Crippen LogP contribution in [0.2, 0.25) is 0 Å². The van der Waals surface area contributed by atoms with E-state index in [9.17, 15) is 13.2 Å². The molecule has 4 aromatic rings. The van der Waals surface area contributed by atoms with Gasteiger partial charge in [0.1, 0.15) is 16.4 Å². The van der Waals surface area contributed by atoms with Gasteiger partial charge < -0.3 is 9.72 Å². The molecule has 8 nitrogen and oxygen atoms in total. The minimum Gasteiger partial charge on any atom is -0.372 e. The number of benzene rings is 1. The normalized spacial score (nSPS) is 21.3. The topological polar surface area (TPSA) is 99.0 Å². The average Bonchev–Trinajstić information content (AvgIpc) is 3.50. The van der Waals surface area contributed by atoms with Crippen molar-refractivity contribution in [1.29, 1.82) is 0 Å². The van der Waals surface area contributed by atoms with Gasteiger partial charge in [-0.2, -0.15) is 5.10 Å². The van der Waals surface area contributed by atoms with Gasteiger partial charge in [0.15, 0.2) is 0 Å². The van der Waals surface area contributed by atoms with Gasteiger partial charge in [-0.1, -0.05) is 42.5 Å². The Balaban J connectivity index is 1.73. The fourth-order valence-corrected chi connectivity index (χ4v) is 7.20. The first-order valence-corrected chi connectivity index (χ1v) is 13.0. The van der Waals surface area contributed by atoms with Crippen LogP contribution in [0, 0.1) is 0 Å². The van der Waals surface area contributed by atoms with E-state index in [-0.39, 0.29) is 11.6 Å². The van der Waals surface area contributed by atoms with Gasteiger partial charge in [0.25, 0.3) is 5.56 Å². The number of nitrogens with zero attached hydrogens (tertiary/aromatic N) is 3. The van der Waals surface area contributed by atoms with Gasteiger partial charge >= 0.3 is 0 Å². The van der Waals surface area contributed by atoms with E-state index >= 15 is 0 Å². The quantitative estimate of drug-likeness (QED) is 0.427. The molecule has 1 aromatic carbocycles. The van der Waals surface area contributed by atoms with Gasteiger partial charge in [0.2, 0.25) is 10.0 Å². The molecule has 0 saturated carbocycles. The number of rotatable bonds is 6. The number of H-pyrrole nitrogens is 1. The van der Waals surface area contributed by atoms with Crippen molar-refractivity contribution in [3.63, 3.8) is 0 Å². The van der Waals surface area contributed by atoms with E-state index in [1.54, 1.807) is 44.1 Å². The third-order valence-electron chi connectivity index (χ3n) is 7.21. The van der Waals surface area contributed by atoms with Gasteiger partial charge in [-0.3, -0.25) is 9.48 Å². The van der Waals surface area contributed by atoms with E-state index in [4.69, 9.17) is 4.74 Å². The number of allylic oxidation sites excluding steroid dienone is 1. The molecule has 3 unspecified atom stereocenters. The molecule has 0 aliphatic heterocycles. The van der Waals surface area contributed by atoms with Crippen LogP contribution in [0.25, 0.3) is 10.9 Å². The van der Waals surface area contributed by atoms with Crippen molar-refractivity contribution in [3.8, 4) is 0 Å². The lowest BCUT2D eigenvalue weighted by Crippen LogP contribution is -2.47. The van der Waals surface area contributed by atoms with Gasteiger partial charge in [-0.05, 0) is 48.3 Å². The molecule has 0 bridgehead atoms. The zero-order valence-corrected chi connectivity index (χ0v) is 21.4. The Morgan fingerprint density at radius 1 is 1.17 bits per heavy atom. The van der Waals surface area contributed by atoms with Crippen molar-refractivity contribution in [2.24, 2.45) is 7.05 Å². The van der Waals surface area contributed by atoms with E-state index in [1.807, 2.05) is 55.6 Å². The summed E-state index contributed by atoms with van der Waals surface area (Å²) < 4.78 is 36.1. The molecule has 9 heteroatoms. The fourth-order valence-electron chi connectivity index (χ4n) is 5.15. The third-order valence-corrected chi connectivity index (χ3v) is 9.68. The number of ether oxygens (including phenoxy) is 1. The third kappa shape index (κ3) is 3.58. The molecule has 1 aliphatic carbocycles. The number of nitrogens with one attached hydrogen (secondary N) is 1. The maximum Gasteiger partial charge on any atom is 0.273 e. The van der Waals surface area contributed by atoms with Crippen molar-refractivity contribution < 1.29 is 13.2 Å². The Bertz CT molecular complexity index is 1660. The molecule has 0 amide bonds. The van der Waals surface area contributed by atoms with E-state index in [2.05, 4.69) is 10.1 Å². The molecular formula is C27H28N4O4S. The summed E-state index contributed by atoms with van der Waals surface area (Å²) in [5, 5.41) is 4.88. The minimum atomic E-state index is -4.12. The summed E-state index contributed by atoms with van der Waals surface area (Å²) in [5.74, 6) is -0.585. The number of fused-ring (bicyclic) bond motifs is 1. The second-order valence-electron chi connectivity index (χ2n) is 9.28. The zero-order chi connectivity index (χ0) is 25.7. The molecule has 1 aliphatic rings. The maximum atomic E-state index is 14.4. The predicted octanol–water partition coefficient (Wildman–Crippen LogP) is 4.06. The molecule has 0 radical (unpaired) electrons. The van der Waals surface area contributed by atoms with Crippen LogP contribution in [0.4, 0.5) is 0 Å². The van der Waals surface area contributed by atoms with E-state index in [1.165, 1.54) is 12.4 Å². The van der Waals surface area contributed by atoms with Crippen LogP contribution in [0.15, 0.2) is 95.3 Å². The van der Waals surface area contributed by atoms with Crippen molar-refractivity contribution in [1.82, 2.24) is 18.7 Å².